The fraction of sp³-hybridized carbons (Fsp3) is 0.300. The summed E-state index contributed by atoms with van der Waals surface area (Å²) in [4.78, 5) is 25.1. The molecule has 4 nitrogen and oxygen atoms in total. The van der Waals surface area contributed by atoms with Gasteiger partial charge in [-0.3, -0.25) is 0 Å². The van der Waals surface area contributed by atoms with E-state index < -0.39 is 24.6 Å². The Labute approximate surface area is 161 Å². The number of ether oxygens (including phenoxy) is 2. The van der Waals surface area contributed by atoms with Crippen molar-refractivity contribution in [1.29, 1.82) is 0 Å². The molecule has 0 radical (unpaired) electrons. The molecule has 0 aliphatic rings. The first kappa shape index (κ1) is 19.6. The molecule has 2 aromatic carbocycles. The summed E-state index contributed by atoms with van der Waals surface area (Å²) in [5, 5.41) is 0. The predicted molar refractivity (Wildman–Crippen MR) is 91.6 cm³/mol. The Hall–Kier alpha value is -1.68. The van der Waals surface area contributed by atoms with Gasteiger partial charge in [-0.25, -0.2) is 0 Å². The van der Waals surface area contributed by atoms with Crippen molar-refractivity contribution in [3.8, 4) is 0 Å². The van der Waals surface area contributed by atoms with Crippen LogP contribution in [0.5, 0.6) is 0 Å². The van der Waals surface area contributed by atoms with Crippen molar-refractivity contribution in [3.63, 3.8) is 0 Å². The minimum atomic E-state index is -2.17. The van der Waals surface area contributed by atoms with Gasteiger partial charge in [0.05, 0.1) is 0 Å². The molecule has 0 N–H and O–H groups in total. The third kappa shape index (κ3) is 5.67. The molecular formula is C20H22HgO4. The van der Waals surface area contributed by atoms with Crippen LogP contribution in [-0.2, 0) is 43.6 Å². The molecule has 0 aromatic heterocycles. The number of esters is 2. The summed E-state index contributed by atoms with van der Waals surface area (Å²) in [6.07, 6.45) is 0. The molecule has 0 bridgehead atoms. The first-order valence-corrected chi connectivity index (χ1v) is 14.9. The zero-order valence-electron chi connectivity index (χ0n) is 14.7. The number of benzene rings is 2. The van der Waals surface area contributed by atoms with Crippen molar-refractivity contribution in [3.05, 3.63) is 71.8 Å². The average Bonchev–Trinajstić information content (AvgIpc) is 2.64. The molecule has 5 heteroatoms. The normalized spacial score (nSPS) is 12.6. The average molecular weight is 527 g/mol. The molecule has 2 aromatic rings. The van der Waals surface area contributed by atoms with Crippen molar-refractivity contribution in [2.24, 2.45) is 0 Å². The number of carbonyl (C=O) groups excluding carboxylic acids is 2. The molecule has 2 rings (SSSR count). The standard InChI is InChI=1S/2C10H11O2.Hg/c2*1-2-12-10(11)8-9-6-4-3-5-7-9;/h2*3-8H,2H2,1H3;. The molecule has 2 unspecified atom stereocenters. The van der Waals surface area contributed by atoms with E-state index in [-0.39, 0.29) is 18.8 Å². The molecule has 0 amide bonds. The number of hydrogen-bond acceptors (Lipinski definition) is 4. The zero-order chi connectivity index (χ0) is 18.1. The van der Waals surface area contributed by atoms with Gasteiger partial charge < -0.3 is 0 Å². The number of carbonyl (C=O) groups is 2. The van der Waals surface area contributed by atoms with Crippen LogP contribution in [0.1, 0.15) is 31.8 Å². The van der Waals surface area contributed by atoms with E-state index in [9.17, 15) is 9.59 Å². The van der Waals surface area contributed by atoms with Crippen LogP contribution in [0.15, 0.2) is 60.7 Å². The third-order valence-electron chi connectivity index (χ3n) is 4.02. The molecule has 128 valence electrons. The Balaban J connectivity index is 2.34. The van der Waals surface area contributed by atoms with Gasteiger partial charge in [0.25, 0.3) is 0 Å². The quantitative estimate of drug-likeness (QED) is 0.389. The SMILES string of the molecule is CCOC(=O)[CH]([Hg][CH](C(=O)OCC)c1ccccc1)c1ccccc1. The molecule has 0 heterocycles. The predicted octanol–water partition coefficient (Wildman–Crippen LogP) is 3.68. The van der Waals surface area contributed by atoms with Gasteiger partial charge in [0, 0.05) is 0 Å². The molecule has 0 aliphatic heterocycles. The van der Waals surface area contributed by atoms with Crippen molar-refractivity contribution < 1.29 is 43.6 Å². The molecule has 0 aliphatic carbocycles. The Morgan fingerprint density at radius 2 is 1.12 bits per heavy atom. The Morgan fingerprint density at radius 1 is 0.760 bits per heavy atom. The molecule has 0 saturated carbocycles. The van der Waals surface area contributed by atoms with Crippen LogP contribution in [0.25, 0.3) is 0 Å². The van der Waals surface area contributed by atoms with E-state index >= 15 is 0 Å². The van der Waals surface area contributed by atoms with Crippen molar-refractivity contribution in [2.45, 2.75) is 20.7 Å². The summed E-state index contributed by atoms with van der Waals surface area (Å²) >= 11 is -2.17. The Bertz CT molecular complexity index is 613. The first-order chi connectivity index (χ1) is 12.2. The van der Waals surface area contributed by atoms with Gasteiger partial charge in [-0.1, -0.05) is 0 Å². The summed E-state index contributed by atoms with van der Waals surface area (Å²) < 4.78 is 10.0. The zero-order valence-corrected chi connectivity index (χ0v) is 20.2. The topological polar surface area (TPSA) is 52.6 Å². The van der Waals surface area contributed by atoms with Gasteiger partial charge in [0.1, 0.15) is 0 Å². The van der Waals surface area contributed by atoms with E-state index in [0.29, 0.717) is 13.2 Å². The van der Waals surface area contributed by atoms with Crippen LogP contribution in [0.2, 0.25) is 0 Å². The van der Waals surface area contributed by atoms with Gasteiger partial charge in [0.15, 0.2) is 0 Å². The van der Waals surface area contributed by atoms with Gasteiger partial charge in [-0.05, 0) is 0 Å². The van der Waals surface area contributed by atoms with Crippen LogP contribution < -0.4 is 0 Å². The van der Waals surface area contributed by atoms with Gasteiger partial charge >= 0.3 is 161 Å². The monoisotopic (exact) mass is 528 g/mol. The summed E-state index contributed by atoms with van der Waals surface area (Å²) in [5.74, 6) is -0.443. The van der Waals surface area contributed by atoms with Crippen LogP contribution in [0, 0.1) is 0 Å². The number of rotatable bonds is 8. The van der Waals surface area contributed by atoms with E-state index in [0.717, 1.165) is 11.1 Å². The van der Waals surface area contributed by atoms with E-state index in [1.807, 2.05) is 60.7 Å². The number of hydrogen-bond donors (Lipinski definition) is 0. The second kappa shape index (κ2) is 10.3. The van der Waals surface area contributed by atoms with Crippen LogP contribution in [0.4, 0.5) is 0 Å². The van der Waals surface area contributed by atoms with E-state index in [2.05, 4.69) is 0 Å². The van der Waals surface area contributed by atoms with E-state index in [1.165, 1.54) is 0 Å². The fourth-order valence-corrected chi connectivity index (χ4v) is 11.3. The van der Waals surface area contributed by atoms with Crippen molar-refractivity contribution in [2.75, 3.05) is 13.2 Å². The second-order valence-electron chi connectivity index (χ2n) is 5.67. The Morgan fingerprint density at radius 3 is 1.44 bits per heavy atom. The van der Waals surface area contributed by atoms with Gasteiger partial charge in [0.2, 0.25) is 0 Å². The van der Waals surface area contributed by atoms with Crippen molar-refractivity contribution >= 4 is 11.9 Å². The molecular weight excluding hydrogens is 505 g/mol. The van der Waals surface area contributed by atoms with Gasteiger partial charge in [-0.15, -0.1) is 0 Å². The molecule has 2 atom stereocenters. The van der Waals surface area contributed by atoms with Crippen LogP contribution in [-0.4, -0.2) is 25.2 Å². The van der Waals surface area contributed by atoms with Crippen LogP contribution in [0.3, 0.4) is 0 Å². The summed E-state index contributed by atoms with van der Waals surface area (Å²) in [5.41, 5.74) is 1.88. The van der Waals surface area contributed by atoms with Crippen molar-refractivity contribution in [1.82, 2.24) is 0 Å². The van der Waals surface area contributed by atoms with E-state index in [4.69, 9.17) is 9.47 Å². The molecule has 0 spiro atoms. The minimum absolute atomic E-state index is 0.222. The Kier molecular flexibility index (Phi) is 8.12. The third-order valence-corrected chi connectivity index (χ3v) is 13.9. The molecule has 25 heavy (non-hydrogen) atoms. The summed E-state index contributed by atoms with van der Waals surface area (Å²) in [6.45, 7) is 4.28. The summed E-state index contributed by atoms with van der Waals surface area (Å²) in [7, 11) is 0. The fourth-order valence-electron chi connectivity index (χ4n) is 2.83. The van der Waals surface area contributed by atoms with Gasteiger partial charge in [-0.2, -0.15) is 0 Å². The maximum atomic E-state index is 12.6. The molecule has 0 fully saturated rings. The van der Waals surface area contributed by atoms with E-state index in [1.54, 1.807) is 13.8 Å². The van der Waals surface area contributed by atoms with Crippen LogP contribution >= 0.6 is 0 Å². The second-order valence-corrected chi connectivity index (χ2v) is 13.8. The molecule has 0 saturated heterocycles. The maximum absolute atomic E-state index is 12.6. The summed E-state index contributed by atoms with van der Waals surface area (Å²) in [6, 6.07) is 19.3. The first-order valence-electron chi connectivity index (χ1n) is 8.60.